The van der Waals surface area contributed by atoms with Crippen molar-refractivity contribution < 1.29 is 0 Å². The Balaban J connectivity index is 2.25. The maximum Gasteiger partial charge on any atom is 0.0798 e. The summed E-state index contributed by atoms with van der Waals surface area (Å²) in [5.41, 5.74) is 3.08. The fourth-order valence-corrected chi connectivity index (χ4v) is 2.79. The highest BCUT2D eigenvalue weighted by Gasteiger charge is 2.13. The Morgan fingerprint density at radius 1 is 1.50 bits per heavy atom. The fourth-order valence-electron chi connectivity index (χ4n) is 1.20. The predicted molar refractivity (Wildman–Crippen MR) is 75.4 cm³/mol. The Kier molecular flexibility index (Phi) is 5.28. The summed E-state index contributed by atoms with van der Waals surface area (Å²) in [5.74, 6) is 1.15. The van der Waals surface area contributed by atoms with Gasteiger partial charge in [-0.3, -0.25) is 0 Å². The second-order valence-electron chi connectivity index (χ2n) is 5.07. The van der Waals surface area contributed by atoms with Crippen molar-refractivity contribution in [3.63, 3.8) is 0 Å². The highest BCUT2D eigenvalue weighted by atomic mass is 32.2. The lowest BCUT2D eigenvalue weighted by Crippen LogP contribution is -2.29. The molecular formula is C12H22N2S2. The zero-order valence-corrected chi connectivity index (χ0v) is 12.5. The van der Waals surface area contributed by atoms with Crippen LogP contribution >= 0.6 is 23.1 Å². The molecule has 1 aromatic rings. The van der Waals surface area contributed by atoms with E-state index >= 15 is 0 Å². The van der Waals surface area contributed by atoms with Crippen molar-refractivity contribution >= 4 is 23.1 Å². The SMILES string of the molecule is Cc1ncsc1CN[C@H](C)CSC(C)(C)C. The summed E-state index contributed by atoms with van der Waals surface area (Å²) in [4.78, 5) is 5.61. The lowest BCUT2D eigenvalue weighted by atomic mass is 10.3. The molecule has 1 heterocycles. The molecule has 0 spiro atoms. The zero-order chi connectivity index (χ0) is 12.2. The number of aromatic nitrogens is 1. The lowest BCUT2D eigenvalue weighted by molar-refractivity contribution is 0.596. The summed E-state index contributed by atoms with van der Waals surface area (Å²) in [6.07, 6.45) is 0. The van der Waals surface area contributed by atoms with Gasteiger partial charge in [0.2, 0.25) is 0 Å². The largest absolute Gasteiger partial charge is 0.308 e. The smallest absolute Gasteiger partial charge is 0.0798 e. The highest BCUT2D eigenvalue weighted by molar-refractivity contribution is 8.00. The van der Waals surface area contributed by atoms with Gasteiger partial charge >= 0.3 is 0 Å². The van der Waals surface area contributed by atoms with Crippen LogP contribution in [-0.2, 0) is 6.54 Å². The van der Waals surface area contributed by atoms with Crippen LogP contribution in [0.1, 0.15) is 38.3 Å². The van der Waals surface area contributed by atoms with Crippen molar-refractivity contribution in [3.8, 4) is 0 Å². The summed E-state index contributed by atoms with van der Waals surface area (Å²) in [5, 5.41) is 3.55. The molecule has 0 bridgehead atoms. The number of thiazole rings is 1. The van der Waals surface area contributed by atoms with Gasteiger partial charge in [0.05, 0.1) is 11.2 Å². The molecule has 0 aliphatic heterocycles. The van der Waals surface area contributed by atoms with Crippen molar-refractivity contribution in [1.29, 1.82) is 0 Å². The van der Waals surface area contributed by atoms with Crippen LogP contribution in [0.4, 0.5) is 0 Å². The molecule has 92 valence electrons. The monoisotopic (exact) mass is 258 g/mol. The number of nitrogens with one attached hydrogen (secondary N) is 1. The van der Waals surface area contributed by atoms with E-state index in [0.29, 0.717) is 10.8 Å². The minimum Gasteiger partial charge on any atom is -0.308 e. The predicted octanol–water partition coefficient (Wildman–Crippen LogP) is 3.46. The highest BCUT2D eigenvalue weighted by Crippen LogP contribution is 2.23. The van der Waals surface area contributed by atoms with Crippen LogP contribution in [-0.4, -0.2) is 21.5 Å². The van der Waals surface area contributed by atoms with Gasteiger partial charge in [-0.25, -0.2) is 4.98 Å². The van der Waals surface area contributed by atoms with Crippen LogP contribution < -0.4 is 5.32 Å². The van der Waals surface area contributed by atoms with Gasteiger partial charge in [0.15, 0.2) is 0 Å². The summed E-state index contributed by atoms with van der Waals surface area (Å²) >= 11 is 3.74. The van der Waals surface area contributed by atoms with E-state index in [1.54, 1.807) is 11.3 Å². The number of hydrogen-bond acceptors (Lipinski definition) is 4. The molecule has 0 saturated carbocycles. The third kappa shape index (κ3) is 5.32. The van der Waals surface area contributed by atoms with Crippen LogP contribution in [0.2, 0.25) is 0 Å². The second kappa shape index (κ2) is 6.03. The average Bonchev–Trinajstić information content (AvgIpc) is 2.57. The fraction of sp³-hybridized carbons (Fsp3) is 0.750. The molecule has 0 aliphatic rings. The standard InChI is InChI=1S/C12H22N2S2/c1-9(7-16-12(3,4)5)13-6-11-10(2)14-8-15-11/h8-9,13H,6-7H2,1-5H3/t9-/m1/s1. The molecule has 1 rings (SSSR count). The van der Waals surface area contributed by atoms with Gasteiger partial charge in [-0.1, -0.05) is 20.8 Å². The molecule has 16 heavy (non-hydrogen) atoms. The Labute approximate surface area is 107 Å². The van der Waals surface area contributed by atoms with Crippen LogP contribution in [0.15, 0.2) is 5.51 Å². The molecule has 2 nitrogen and oxygen atoms in total. The Morgan fingerprint density at radius 3 is 2.69 bits per heavy atom. The van der Waals surface area contributed by atoms with E-state index in [0.717, 1.165) is 18.0 Å². The van der Waals surface area contributed by atoms with E-state index in [4.69, 9.17) is 0 Å². The lowest BCUT2D eigenvalue weighted by Gasteiger charge is -2.21. The van der Waals surface area contributed by atoms with Crippen LogP contribution in [0.5, 0.6) is 0 Å². The molecule has 1 atom stereocenters. The molecule has 0 radical (unpaired) electrons. The molecule has 0 fully saturated rings. The van der Waals surface area contributed by atoms with Crippen LogP contribution in [0.25, 0.3) is 0 Å². The van der Waals surface area contributed by atoms with E-state index < -0.39 is 0 Å². The molecule has 4 heteroatoms. The summed E-state index contributed by atoms with van der Waals surface area (Å²) in [6, 6.07) is 0.547. The summed E-state index contributed by atoms with van der Waals surface area (Å²) in [6.45, 7) is 12.0. The number of hydrogen-bond donors (Lipinski definition) is 1. The van der Waals surface area contributed by atoms with Gasteiger partial charge in [0.1, 0.15) is 0 Å². The Hall–Kier alpha value is -0.0600. The average molecular weight is 258 g/mol. The third-order valence-electron chi connectivity index (χ3n) is 2.22. The van der Waals surface area contributed by atoms with Crippen molar-refractivity contribution in [2.75, 3.05) is 5.75 Å². The molecule has 0 unspecified atom stereocenters. The maximum atomic E-state index is 4.25. The van der Waals surface area contributed by atoms with E-state index in [9.17, 15) is 0 Å². The topological polar surface area (TPSA) is 24.9 Å². The summed E-state index contributed by atoms with van der Waals surface area (Å²) in [7, 11) is 0. The van der Waals surface area contributed by atoms with Gasteiger partial charge in [0, 0.05) is 28.0 Å². The molecule has 0 aliphatic carbocycles. The first-order chi connectivity index (χ1) is 7.38. The molecule has 0 saturated heterocycles. The number of aryl methyl sites for hydroxylation is 1. The van der Waals surface area contributed by atoms with Crippen molar-refractivity contribution in [2.24, 2.45) is 0 Å². The molecule has 0 aromatic carbocycles. The van der Waals surface area contributed by atoms with Gasteiger partial charge in [0.25, 0.3) is 0 Å². The second-order valence-corrected chi connectivity index (χ2v) is 7.85. The van der Waals surface area contributed by atoms with Crippen LogP contribution in [0, 0.1) is 6.92 Å². The summed E-state index contributed by atoms with van der Waals surface area (Å²) < 4.78 is 0.357. The normalized spacial score (nSPS) is 14.1. The maximum absolute atomic E-state index is 4.25. The van der Waals surface area contributed by atoms with Gasteiger partial charge < -0.3 is 5.32 Å². The van der Waals surface area contributed by atoms with Crippen molar-refractivity contribution in [1.82, 2.24) is 10.3 Å². The molecule has 1 aromatic heterocycles. The Bertz CT molecular complexity index is 315. The van der Waals surface area contributed by atoms with E-state index in [1.165, 1.54) is 4.88 Å². The van der Waals surface area contributed by atoms with Crippen LogP contribution in [0.3, 0.4) is 0 Å². The van der Waals surface area contributed by atoms with E-state index in [2.05, 4.69) is 44.9 Å². The van der Waals surface area contributed by atoms with Gasteiger partial charge in [-0.2, -0.15) is 11.8 Å². The molecule has 1 N–H and O–H groups in total. The minimum absolute atomic E-state index is 0.357. The minimum atomic E-state index is 0.357. The first-order valence-corrected chi connectivity index (χ1v) is 7.51. The van der Waals surface area contributed by atoms with E-state index in [-0.39, 0.29) is 0 Å². The zero-order valence-electron chi connectivity index (χ0n) is 10.8. The molecular weight excluding hydrogens is 236 g/mol. The van der Waals surface area contributed by atoms with Gasteiger partial charge in [-0.15, -0.1) is 11.3 Å². The molecule has 0 amide bonds. The first kappa shape index (κ1) is 14.0. The van der Waals surface area contributed by atoms with Gasteiger partial charge in [-0.05, 0) is 13.8 Å². The number of rotatable bonds is 5. The van der Waals surface area contributed by atoms with E-state index in [1.807, 2.05) is 17.3 Å². The third-order valence-corrected chi connectivity index (χ3v) is 4.69. The number of thioether (sulfide) groups is 1. The van der Waals surface area contributed by atoms with Crippen molar-refractivity contribution in [2.45, 2.75) is 52.0 Å². The Morgan fingerprint density at radius 2 is 2.19 bits per heavy atom. The number of nitrogens with zero attached hydrogens (tertiary/aromatic N) is 1. The first-order valence-electron chi connectivity index (χ1n) is 5.65. The van der Waals surface area contributed by atoms with Crippen molar-refractivity contribution in [3.05, 3.63) is 16.1 Å². The quantitative estimate of drug-likeness (QED) is 0.875.